The number of amides is 2. The summed E-state index contributed by atoms with van der Waals surface area (Å²) in [6, 6.07) is -1.83. The lowest BCUT2D eigenvalue weighted by Gasteiger charge is -2.25. The van der Waals surface area contributed by atoms with Crippen molar-refractivity contribution in [2.45, 2.75) is 39.0 Å². The number of aliphatic hydroxyl groups is 1. The van der Waals surface area contributed by atoms with Crippen molar-refractivity contribution < 1.29 is 19.8 Å². The third kappa shape index (κ3) is 4.16. The summed E-state index contributed by atoms with van der Waals surface area (Å²) < 4.78 is 0. The molecule has 0 rings (SSSR count). The molecule has 88 valence electrons. The van der Waals surface area contributed by atoms with Crippen LogP contribution >= 0.6 is 0 Å². The molecule has 0 aromatic carbocycles. The largest absolute Gasteiger partial charge is 0.480 e. The third-order valence-corrected chi connectivity index (χ3v) is 2.12. The highest BCUT2D eigenvalue weighted by Crippen LogP contribution is 1.98. The Kier molecular flexibility index (Phi) is 5.07. The first-order chi connectivity index (χ1) is 6.77. The topological polar surface area (TPSA) is 89.9 Å². The van der Waals surface area contributed by atoms with E-state index in [1.54, 1.807) is 20.9 Å². The van der Waals surface area contributed by atoms with Gasteiger partial charge in [-0.25, -0.2) is 9.59 Å². The van der Waals surface area contributed by atoms with Crippen molar-refractivity contribution in [1.29, 1.82) is 0 Å². The molecule has 0 unspecified atom stereocenters. The number of hydrogen-bond acceptors (Lipinski definition) is 3. The highest BCUT2D eigenvalue weighted by molar-refractivity contribution is 5.83. The zero-order valence-corrected chi connectivity index (χ0v) is 9.39. The predicted octanol–water partition coefficient (Wildman–Crippen LogP) is -0.130. The van der Waals surface area contributed by atoms with Crippen molar-refractivity contribution >= 4 is 12.0 Å². The summed E-state index contributed by atoms with van der Waals surface area (Å²) in [6.45, 7) is 4.92. The molecular formula is C9H18N2O4. The summed E-state index contributed by atoms with van der Waals surface area (Å²) in [5.41, 5.74) is 0. The molecule has 0 saturated heterocycles. The van der Waals surface area contributed by atoms with E-state index in [0.29, 0.717) is 0 Å². The number of carboxylic acid groups (broad SMARTS) is 1. The smallest absolute Gasteiger partial charge is 0.328 e. The fourth-order valence-electron chi connectivity index (χ4n) is 0.858. The van der Waals surface area contributed by atoms with E-state index in [1.807, 2.05) is 0 Å². The number of carboxylic acids is 1. The van der Waals surface area contributed by atoms with E-state index in [-0.39, 0.29) is 6.04 Å². The van der Waals surface area contributed by atoms with Crippen LogP contribution in [0.1, 0.15) is 20.8 Å². The zero-order valence-electron chi connectivity index (χ0n) is 9.39. The van der Waals surface area contributed by atoms with Gasteiger partial charge in [0, 0.05) is 13.1 Å². The number of urea groups is 1. The van der Waals surface area contributed by atoms with Gasteiger partial charge in [-0.3, -0.25) is 0 Å². The van der Waals surface area contributed by atoms with Crippen LogP contribution in [0.3, 0.4) is 0 Å². The molecule has 3 N–H and O–H groups in total. The summed E-state index contributed by atoms with van der Waals surface area (Å²) in [6.07, 6.45) is -1.13. The number of nitrogens with zero attached hydrogens (tertiary/aromatic N) is 1. The van der Waals surface area contributed by atoms with Crippen molar-refractivity contribution in [3.8, 4) is 0 Å². The van der Waals surface area contributed by atoms with E-state index in [9.17, 15) is 9.59 Å². The highest BCUT2D eigenvalue weighted by atomic mass is 16.4. The highest BCUT2D eigenvalue weighted by Gasteiger charge is 2.26. The van der Waals surface area contributed by atoms with Crippen molar-refractivity contribution in [2.75, 3.05) is 7.05 Å². The van der Waals surface area contributed by atoms with Gasteiger partial charge in [0.25, 0.3) is 0 Å². The molecule has 0 aliphatic rings. The Hall–Kier alpha value is -1.30. The molecule has 0 saturated carbocycles. The molecule has 0 aromatic heterocycles. The maximum absolute atomic E-state index is 11.4. The quantitative estimate of drug-likeness (QED) is 0.613. The second-order valence-corrected chi connectivity index (χ2v) is 3.71. The molecule has 0 fully saturated rings. The molecule has 2 amide bonds. The number of nitrogens with one attached hydrogen (secondary N) is 1. The van der Waals surface area contributed by atoms with Crippen LogP contribution in [-0.2, 0) is 4.79 Å². The van der Waals surface area contributed by atoms with E-state index in [0.717, 1.165) is 0 Å². The lowest BCUT2D eigenvalue weighted by atomic mass is 10.2. The Morgan fingerprint density at radius 3 is 2.00 bits per heavy atom. The molecule has 0 aromatic rings. The Morgan fingerprint density at radius 1 is 1.27 bits per heavy atom. The average molecular weight is 218 g/mol. The second-order valence-electron chi connectivity index (χ2n) is 3.71. The maximum atomic E-state index is 11.4. The van der Waals surface area contributed by atoms with Crippen LogP contribution in [0.25, 0.3) is 0 Å². The Labute approximate surface area is 88.9 Å². The molecule has 0 aliphatic carbocycles. The van der Waals surface area contributed by atoms with Gasteiger partial charge in [0.2, 0.25) is 0 Å². The van der Waals surface area contributed by atoms with Crippen LogP contribution in [0.5, 0.6) is 0 Å². The van der Waals surface area contributed by atoms with E-state index in [1.165, 1.54) is 11.8 Å². The molecule has 6 nitrogen and oxygen atoms in total. The van der Waals surface area contributed by atoms with E-state index < -0.39 is 24.1 Å². The number of aliphatic hydroxyl groups excluding tert-OH is 1. The van der Waals surface area contributed by atoms with Gasteiger partial charge in [0.1, 0.15) is 0 Å². The van der Waals surface area contributed by atoms with Gasteiger partial charge in [-0.15, -0.1) is 0 Å². The van der Waals surface area contributed by atoms with Crippen LogP contribution < -0.4 is 5.32 Å². The van der Waals surface area contributed by atoms with Gasteiger partial charge in [0.05, 0.1) is 6.10 Å². The number of hydrogen-bond donors (Lipinski definition) is 3. The number of carbonyl (C=O) groups excluding carboxylic acids is 1. The van der Waals surface area contributed by atoms with Crippen molar-refractivity contribution in [3.05, 3.63) is 0 Å². The number of aliphatic carboxylic acids is 1. The first kappa shape index (κ1) is 13.7. The van der Waals surface area contributed by atoms with Crippen LogP contribution in [-0.4, -0.2) is 52.3 Å². The van der Waals surface area contributed by atoms with Crippen molar-refractivity contribution in [2.24, 2.45) is 0 Å². The standard InChI is InChI=1S/C9H18N2O4/c1-5(2)11(4)9(15)10-7(6(3)12)8(13)14/h5-7,12H,1-4H3,(H,10,15)(H,13,14)/t6-,7+/m1/s1. The van der Waals surface area contributed by atoms with Crippen LogP contribution in [0.15, 0.2) is 0 Å². The van der Waals surface area contributed by atoms with Gasteiger partial charge < -0.3 is 20.4 Å². The van der Waals surface area contributed by atoms with E-state index in [4.69, 9.17) is 10.2 Å². The maximum Gasteiger partial charge on any atom is 0.328 e. The van der Waals surface area contributed by atoms with Gasteiger partial charge in [-0.05, 0) is 20.8 Å². The monoisotopic (exact) mass is 218 g/mol. The molecular weight excluding hydrogens is 200 g/mol. The molecule has 6 heteroatoms. The number of carbonyl (C=O) groups is 2. The second kappa shape index (κ2) is 5.55. The first-order valence-corrected chi connectivity index (χ1v) is 4.71. The molecule has 0 radical (unpaired) electrons. The summed E-state index contributed by atoms with van der Waals surface area (Å²) in [5, 5.41) is 20.1. The summed E-state index contributed by atoms with van der Waals surface area (Å²) in [4.78, 5) is 23.5. The zero-order chi connectivity index (χ0) is 12.2. The van der Waals surface area contributed by atoms with Crippen LogP contribution in [0.4, 0.5) is 4.79 Å². The van der Waals surface area contributed by atoms with Gasteiger partial charge in [0.15, 0.2) is 6.04 Å². The summed E-state index contributed by atoms with van der Waals surface area (Å²) >= 11 is 0. The minimum absolute atomic E-state index is 0.0338. The lowest BCUT2D eigenvalue weighted by molar-refractivity contribution is -0.141. The molecule has 15 heavy (non-hydrogen) atoms. The molecule has 0 aliphatic heterocycles. The minimum atomic E-state index is -1.28. The van der Waals surface area contributed by atoms with E-state index in [2.05, 4.69) is 5.32 Å². The van der Waals surface area contributed by atoms with Crippen LogP contribution in [0.2, 0.25) is 0 Å². The average Bonchev–Trinajstić information content (AvgIpc) is 2.11. The molecule has 2 atom stereocenters. The van der Waals surface area contributed by atoms with Gasteiger partial charge in [-0.2, -0.15) is 0 Å². The fraction of sp³-hybridized carbons (Fsp3) is 0.778. The molecule has 0 heterocycles. The van der Waals surface area contributed by atoms with Gasteiger partial charge in [-0.1, -0.05) is 0 Å². The van der Waals surface area contributed by atoms with E-state index >= 15 is 0 Å². The Morgan fingerprint density at radius 2 is 1.73 bits per heavy atom. The van der Waals surface area contributed by atoms with Crippen LogP contribution in [0, 0.1) is 0 Å². The summed E-state index contributed by atoms with van der Waals surface area (Å²) in [5.74, 6) is -1.25. The SMILES string of the molecule is CC(C)N(C)C(=O)N[C@H](C(=O)O)[C@@H](C)O. The minimum Gasteiger partial charge on any atom is -0.480 e. The predicted molar refractivity (Wildman–Crippen MR) is 54.5 cm³/mol. The normalized spacial score (nSPS) is 14.5. The summed E-state index contributed by atoms with van der Waals surface area (Å²) in [7, 11) is 1.56. The fourth-order valence-corrected chi connectivity index (χ4v) is 0.858. The molecule has 0 spiro atoms. The first-order valence-electron chi connectivity index (χ1n) is 4.71. The lowest BCUT2D eigenvalue weighted by Crippen LogP contribution is -2.52. The third-order valence-electron chi connectivity index (χ3n) is 2.12. The number of rotatable bonds is 4. The van der Waals surface area contributed by atoms with Gasteiger partial charge >= 0.3 is 12.0 Å². The molecule has 0 bridgehead atoms. The van der Waals surface area contributed by atoms with Crippen molar-refractivity contribution in [3.63, 3.8) is 0 Å². The Bertz CT molecular complexity index is 240. The Balaban J connectivity index is 4.43. The van der Waals surface area contributed by atoms with Crippen molar-refractivity contribution in [1.82, 2.24) is 10.2 Å².